The number of aliphatic hydroxyl groups excluding tert-OH is 1. The predicted molar refractivity (Wildman–Crippen MR) is 109 cm³/mol. The number of imidazole rings is 1. The van der Waals surface area contributed by atoms with Gasteiger partial charge in [-0.1, -0.05) is 12.1 Å². The summed E-state index contributed by atoms with van der Waals surface area (Å²) in [6, 6.07) is 7.56. The summed E-state index contributed by atoms with van der Waals surface area (Å²) in [5.74, 6) is 0.820. The molecule has 4 rings (SSSR count). The Morgan fingerprint density at radius 1 is 1.34 bits per heavy atom. The maximum atomic E-state index is 12.6. The third-order valence-corrected chi connectivity index (χ3v) is 6.11. The van der Waals surface area contributed by atoms with Crippen LogP contribution in [-0.4, -0.2) is 69.2 Å². The number of carbonyl (C=O) groups excluding carboxylic acids is 2. The molecule has 2 amide bonds. The van der Waals surface area contributed by atoms with Crippen LogP contribution < -0.4 is 10.6 Å². The highest BCUT2D eigenvalue weighted by Crippen LogP contribution is 2.24. The van der Waals surface area contributed by atoms with Crippen LogP contribution in [0.15, 0.2) is 24.3 Å². The van der Waals surface area contributed by atoms with E-state index in [1.807, 2.05) is 36.1 Å². The number of aromatic nitrogens is 2. The molecule has 2 aliphatic rings. The van der Waals surface area contributed by atoms with Crippen molar-refractivity contribution in [2.24, 2.45) is 0 Å². The van der Waals surface area contributed by atoms with Crippen LogP contribution in [0, 0.1) is 6.92 Å². The number of piperazine rings is 1. The summed E-state index contributed by atoms with van der Waals surface area (Å²) in [5.41, 5.74) is 1.96. The molecule has 1 aliphatic heterocycles. The van der Waals surface area contributed by atoms with Crippen molar-refractivity contribution in [3.05, 3.63) is 30.1 Å². The molecule has 8 nitrogen and oxygen atoms in total. The van der Waals surface area contributed by atoms with Gasteiger partial charge < -0.3 is 20.3 Å². The number of hydrogen-bond donors (Lipinski definition) is 3. The number of benzene rings is 1. The van der Waals surface area contributed by atoms with E-state index >= 15 is 0 Å². The van der Waals surface area contributed by atoms with Crippen LogP contribution in [0.25, 0.3) is 11.0 Å². The van der Waals surface area contributed by atoms with Crippen LogP contribution in [0.4, 0.5) is 0 Å². The van der Waals surface area contributed by atoms with Gasteiger partial charge in [0, 0.05) is 32.1 Å². The van der Waals surface area contributed by atoms with Crippen molar-refractivity contribution < 1.29 is 14.7 Å². The zero-order valence-corrected chi connectivity index (χ0v) is 16.8. The fraction of sp³-hybridized carbons (Fsp3) is 0.571. The molecule has 3 N–H and O–H groups in total. The number of amides is 2. The Morgan fingerprint density at radius 2 is 2.17 bits per heavy atom. The number of hydrogen-bond acceptors (Lipinski definition) is 5. The van der Waals surface area contributed by atoms with Crippen LogP contribution in [-0.2, 0) is 16.1 Å². The lowest BCUT2D eigenvalue weighted by Crippen LogP contribution is -2.60. The first kappa shape index (κ1) is 19.8. The lowest BCUT2D eigenvalue weighted by molar-refractivity contribution is -0.128. The Labute approximate surface area is 170 Å². The molecule has 156 valence electrons. The van der Waals surface area contributed by atoms with Gasteiger partial charge in [0.05, 0.1) is 29.7 Å². The summed E-state index contributed by atoms with van der Waals surface area (Å²) < 4.78 is 2.06. The largest absolute Gasteiger partial charge is 0.389 e. The molecular formula is C21H29N5O3. The topological polar surface area (TPSA) is 99.5 Å². The Morgan fingerprint density at radius 3 is 3.00 bits per heavy atom. The van der Waals surface area contributed by atoms with Crippen LogP contribution in [0.5, 0.6) is 0 Å². The normalized spacial score (nSPS) is 25.7. The molecule has 3 atom stereocenters. The van der Waals surface area contributed by atoms with Gasteiger partial charge >= 0.3 is 0 Å². The molecule has 0 bridgehead atoms. The highest BCUT2D eigenvalue weighted by molar-refractivity contribution is 5.79. The molecule has 29 heavy (non-hydrogen) atoms. The highest BCUT2D eigenvalue weighted by Gasteiger charge is 2.37. The van der Waals surface area contributed by atoms with E-state index < -0.39 is 6.10 Å². The average Bonchev–Trinajstić information content (AvgIpc) is 3.03. The highest BCUT2D eigenvalue weighted by atomic mass is 16.3. The molecular weight excluding hydrogens is 370 g/mol. The summed E-state index contributed by atoms with van der Waals surface area (Å²) in [4.78, 5) is 30.9. The van der Waals surface area contributed by atoms with E-state index in [0.717, 1.165) is 42.7 Å². The monoisotopic (exact) mass is 399 g/mol. The first-order chi connectivity index (χ1) is 14.0. The van der Waals surface area contributed by atoms with E-state index in [0.29, 0.717) is 26.1 Å². The van der Waals surface area contributed by atoms with Gasteiger partial charge in [0.15, 0.2) is 0 Å². The van der Waals surface area contributed by atoms with Crippen molar-refractivity contribution >= 4 is 22.8 Å². The molecule has 1 aliphatic carbocycles. The number of aliphatic hydroxyl groups is 1. The molecule has 2 aromatic rings. The molecule has 2 fully saturated rings. The molecule has 1 aromatic carbocycles. The van der Waals surface area contributed by atoms with Gasteiger partial charge in [-0.15, -0.1) is 0 Å². The average molecular weight is 399 g/mol. The molecule has 0 spiro atoms. The second-order valence-corrected chi connectivity index (χ2v) is 8.03. The number of carbonyl (C=O) groups is 2. The van der Waals surface area contributed by atoms with Crippen LogP contribution in [0.3, 0.4) is 0 Å². The second kappa shape index (κ2) is 8.51. The summed E-state index contributed by atoms with van der Waals surface area (Å²) in [7, 11) is 0. The summed E-state index contributed by atoms with van der Waals surface area (Å²) in [6.07, 6.45) is 2.21. The molecule has 1 saturated carbocycles. The lowest BCUT2D eigenvalue weighted by Gasteiger charge is -2.42. The summed E-state index contributed by atoms with van der Waals surface area (Å²) in [6.45, 7) is 4.16. The fourth-order valence-corrected chi connectivity index (χ4v) is 4.62. The van der Waals surface area contributed by atoms with Gasteiger partial charge in [-0.3, -0.25) is 14.5 Å². The maximum absolute atomic E-state index is 12.6. The molecule has 8 heteroatoms. The number of aryl methyl sites for hydroxylation is 2. The Kier molecular flexibility index (Phi) is 5.82. The minimum absolute atomic E-state index is 0.00228. The van der Waals surface area contributed by atoms with Crippen molar-refractivity contribution in [1.82, 2.24) is 25.1 Å². The van der Waals surface area contributed by atoms with Crippen LogP contribution in [0.2, 0.25) is 0 Å². The van der Waals surface area contributed by atoms with E-state index in [4.69, 9.17) is 0 Å². The van der Waals surface area contributed by atoms with Gasteiger partial charge in [-0.05, 0) is 38.3 Å². The van der Waals surface area contributed by atoms with Gasteiger partial charge in [0.2, 0.25) is 11.8 Å². The third-order valence-electron chi connectivity index (χ3n) is 6.11. The second-order valence-electron chi connectivity index (χ2n) is 8.03. The van der Waals surface area contributed by atoms with Gasteiger partial charge in [-0.25, -0.2) is 4.98 Å². The minimum Gasteiger partial charge on any atom is -0.389 e. The molecule has 0 unspecified atom stereocenters. The van der Waals surface area contributed by atoms with Crippen LogP contribution in [0.1, 0.15) is 31.5 Å². The first-order valence-electron chi connectivity index (χ1n) is 10.4. The molecule has 1 saturated heterocycles. The van der Waals surface area contributed by atoms with E-state index in [1.54, 1.807) is 0 Å². The van der Waals surface area contributed by atoms with Gasteiger partial charge in [-0.2, -0.15) is 0 Å². The van der Waals surface area contributed by atoms with Crippen molar-refractivity contribution in [3.63, 3.8) is 0 Å². The third kappa shape index (κ3) is 4.28. The summed E-state index contributed by atoms with van der Waals surface area (Å²) in [5, 5.41) is 16.7. The molecule has 1 aromatic heterocycles. The molecule has 2 heterocycles. The Hall–Kier alpha value is -2.45. The van der Waals surface area contributed by atoms with E-state index in [1.165, 1.54) is 0 Å². The number of nitrogens with one attached hydrogen (secondary N) is 2. The SMILES string of the molecule is Cc1nc2ccccc2n1CCC(=O)N[C@@H]1CCC[C@@H](N2CCNC(=O)C2)[C@@H]1O. The number of rotatable bonds is 5. The number of para-hydroxylation sites is 2. The molecule has 0 radical (unpaired) electrons. The number of nitrogens with zero attached hydrogens (tertiary/aromatic N) is 3. The first-order valence-corrected chi connectivity index (χ1v) is 10.4. The van der Waals surface area contributed by atoms with Crippen LogP contribution >= 0.6 is 0 Å². The standard InChI is InChI=1S/C21H29N5O3/c1-14-23-15-5-2-3-7-17(15)26(14)11-9-19(27)24-16-6-4-8-18(21(16)29)25-12-10-22-20(28)13-25/h2-3,5,7,16,18,21,29H,4,6,8-13H2,1H3,(H,22,28)(H,24,27)/t16-,18-,21-/m1/s1. The fourth-order valence-electron chi connectivity index (χ4n) is 4.62. The van der Waals surface area contributed by atoms with Crippen molar-refractivity contribution in [2.75, 3.05) is 19.6 Å². The Balaban J connectivity index is 1.35. The van der Waals surface area contributed by atoms with Crippen molar-refractivity contribution in [1.29, 1.82) is 0 Å². The smallest absolute Gasteiger partial charge is 0.234 e. The van der Waals surface area contributed by atoms with Crippen molar-refractivity contribution in [2.45, 2.75) is 57.3 Å². The van der Waals surface area contributed by atoms with E-state index in [2.05, 4.69) is 20.2 Å². The zero-order valence-electron chi connectivity index (χ0n) is 16.8. The quantitative estimate of drug-likeness (QED) is 0.683. The van der Waals surface area contributed by atoms with E-state index in [9.17, 15) is 14.7 Å². The van der Waals surface area contributed by atoms with E-state index in [-0.39, 0.29) is 23.9 Å². The minimum atomic E-state index is -0.658. The Bertz CT molecular complexity index is 896. The van der Waals surface area contributed by atoms with Gasteiger partial charge in [0.1, 0.15) is 5.82 Å². The maximum Gasteiger partial charge on any atom is 0.234 e. The summed E-state index contributed by atoms with van der Waals surface area (Å²) >= 11 is 0. The lowest BCUT2D eigenvalue weighted by atomic mass is 9.86. The predicted octanol–water partition coefficient (Wildman–Crippen LogP) is 0.565. The van der Waals surface area contributed by atoms with Crippen molar-refractivity contribution in [3.8, 4) is 0 Å². The zero-order chi connectivity index (χ0) is 20.4. The van der Waals surface area contributed by atoms with Gasteiger partial charge in [0.25, 0.3) is 0 Å². The number of fused-ring (bicyclic) bond motifs is 1.